The standard InChI is InChI=1S/C17H25N5O3/c1-24-17-4-3-13(25-10-9-23)11-14(17)21(8-5-17)12-15-19-16-18-6-2-7-22(16)20-15/h2,6-7,13-14,23H,3-5,8-12H2,1H3/t13-,14-,17+/m0/s1. The molecular formula is C17H25N5O3. The third-order valence-corrected chi connectivity index (χ3v) is 5.60. The predicted octanol–water partition coefficient (Wildman–Crippen LogP) is 0.645. The molecule has 0 bridgehead atoms. The number of likely N-dealkylation sites (tertiary alicyclic amines) is 1. The minimum atomic E-state index is -0.101. The lowest BCUT2D eigenvalue weighted by Gasteiger charge is -2.43. The molecule has 1 aliphatic carbocycles. The molecule has 2 aromatic heterocycles. The van der Waals surface area contributed by atoms with E-state index in [9.17, 15) is 0 Å². The molecule has 4 rings (SSSR count). The number of fused-ring (bicyclic) bond motifs is 2. The van der Waals surface area contributed by atoms with E-state index in [1.807, 2.05) is 19.4 Å². The van der Waals surface area contributed by atoms with Gasteiger partial charge in [0.25, 0.3) is 5.78 Å². The fraction of sp³-hybridized carbons (Fsp3) is 0.706. The Balaban J connectivity index is 1.50. The topological polar surface area (TPSA) is 85.0 Å². The summed E-state index contributed by atoms with van der Waals surface area (Å²) < 4.78 is 13.5. The van der Waals surface area contributed by atoms with E-state index in [1.165, 1.54) is 0 Å². The minimum Gasteiger partial charge on any atom is -0.394 e. The van der Waals surface area contributed by atoms with Crippen molar-refractivity contribution < 1.29 is 14.6 Å². The summed E-state index contributed by atoms with van der Waals surface area (Å²) in [5, 5.41) is 13.5. The van der Waals surface area contributed by atoms with E-state index in [2.05, 4.69) is 20.0 Å². The van der Waals surface area contributed by atoms with Gasteiger partial charge in [-0.15, -0.1) is 5.10 Å². The third kappa shape index (κ3) is 3.15. The van der Waals surface area contributed by atoms with E-state index >= 15 is 0 Å². The van der Waals surface area contributed by atoms with Crippen LogP contribution in [-0.2, 0) is 16.0 Å². The average Bonchev–Trinajstić information content (AvgIpc) is 3.21. The first-order valence-corrected chi connectivity index (χ1v) is 8.92. The summed E-state index contributed by atoms with van der Waals surface area (Å²) in [6, 6.07) is 2.14. The molecule has 0 amide bonds. The Morgan fingerprint density at radius 3 is 3.12 bits per heavy atom. The van der Waals surface area contributed by atoms with Crippen LogP contribution in [0.2, 0.25) is 0 Å². The first kappa shape index (κ1) is 16.8. The molecule has 8 nitrogen and oxygen atoms in total. The van der Waals surface area contributed by atoms with Crippen LogP contribution in [0, 0.1) is 0 Å². The normalized spacial score (nSPS) is 30.0. The minimum absolute atomic E-state index is 0.0679. The van der Waals surface area contributed by atoms with Gasteiger partial charge in [0.1, 0.15) is 0 Å². The summed E-state index contributed by atoms with van der Waals surface area (Å²) in [5.41, 5.74) is -0.101. The fourth-order valence-corrected chi connectivity index (χ4v) is 4.34. The molecule has 0 spiro atoms. The highest BCUT2D eigenvalue weighted by molar-refractivity contribution is 5.25. The molecule has 3 atom stereocenters. The molecule has 1 saturated heterocycles. The molecule has 0 radical (unpaired) electrons. The Hall–Kier alpha value is -1.61. The SMILES string of the molecule is CO[C@@]12CC[C@H](OCCO)C[C@@H]1N(Cc1nc3ncccn3n1)CC2. The van der Waals surface area contributed by atoms with Crippen molar-refractivity contribution in [2.75, 3.05) is 26.9 Å². The molecule has 136 valence electrons. The largest absolute Gasteiger partial charge is 0.394 e. The Morgan fingerprint density at radius 2 is 2.32 bits per heavy atom. The van der Waals surface area contributed by atoms with Crippen LogP contribution in [0.4, 0.5) is 0 Å². The summed E-state index contributed by atoms with van der Waals surface area (Å²) in [6.45, 7) is 2.12. The Kier molecular flexibility index (Phi) is 4.68. The third-order valence-electron chi connectivity index (χ3n) is 5.60. The molecule has 1 saturated carbocycles. The van der Waals surface area contributed by atoms with Crippen molar-refractivity contribution in [2.24, 2.45) is 0 Å². The van der Waals surface area contributed by atoms with Crippen molar-refractivity contribution in [2.45, 2.75) is 50.0 Å². The van der Waals surface area contributed by atoms with Gasteiger partial charge in [-0.3, -0.25) is 4.90 Å². The van der Waals surface area contributed by atoms with Crippen LogP contribution in [0.3, 0.4) is 0 Å². The van der Waals surface area contributed by atoms with Gasteiger partial charge in [-0.25, -0.2) is 9.50 Å². The van der Waals surface area contributed by atoms with Crippen LogP contribution in [0.1, 0.15) is 31.5 Å². The molecular weight excluding hydrogens is 322 g/mol. The summed E-state index contributed by atoms with van der Waals surface area (Å²) in [6.07, 6.45) is 7.67. The summed E-state index contributed by atoms with van der Waals surface area (Å²) >= 11 is 0. The van der Waals surface area contributed by atoms with E-state index in [0.29, 0.717) is 18.9 Å². The van der Waals surface area contributed by atoms with Crippen molar-refractivity contribution in [1.29, 1.82) is 0 Å². The molecule has 0 unspecified atom stereocenters. The van der Waals surface area contributed by atoms with Gasteiger partial charge in [0, 0.05) is 32.1 Å². The molecule has 1 N–H and O–H groups in total. The molecule has 3 heterocycles. The number of rotatable bonds is 6. The highest BCUT2D eigenvalue weighted by atomic mass is 16.5. The summed E-state index contributed by atoms with van der Waals surface area (Å²) in [7, 11) is 1.82. The highest BCUT2D eigenvalue weighted by Gasteiger charge is 2.51. The number of aliphatic hydroxyl groups is 1. The molecule has 1 aliphatic heterocycles. The molecule has 2 fully saturated rings. The number of aromatic nitrogens is 4. The van der Waals surface area contributed by atoms with Crippen LogP contribution < -0.4 is 0 Å². The second-order valence-corrected chi connectivity index (χ2v) is 6.89. The van der Waals surface area contributed by atoms with Gasteiger partial charge >= 0.3 is 0 Å². The smallest absolute Gasteiger partial charge is 0.252 e. The maximum absolute atomic E-state index is 9.01. The van der Waals surface area contributed by atoms with Gasteiger partial charge in [0.05, 0.1) is 31.5 Å². The molecule has 8 heteroatoms. The Bertz CT molecular complexity index is 690. The second kappa shape index (κ2) is 6.95. The van der Waals surface area contributed by atoms with Gasteiger partial charge in [-0.1, -0.05) is 0 Å². The van der Waals surface area contributed by atoms with Crippen LogP contribution in [0.15, 0.2) is 18.5 Å². The maximum atomic E-state index is 9.01. The predicted molar refractivity (Wildman–Crippen MR) is 90.0 cm³/mol. The van der Waals surface area contributed by atoms with Crippen LogP contribution in [0.25, 0.3) is 5.78 Å². The summed E-state index contributed by atoms with van der Waals surface area (Å²) in [4.78, 5) is 11.2. The number of hydrogen-bond donors (Lipinski definition) is 1. The second-order valence-electron chi connectivity index (χ2n) is 6.89. The zero-order valence-electron chi connectivity index (χ0n) is 14.5. The number of aliphatic hydroxyl groups excluding tert-OH is 1. The van der Waals surface area contributed by atoms with Gasteiger partial charge in [-0.05, 0) is 31.7 Å². The van der Waals surface area contributed by atoms with Crippen LogP contribution in [-0.4, -0.2) is 74.2 Å². The average molecular weight is 347 g/mol. The van der Waals surface area contributed by atoms with Crippen molar-refractivity contribution in [3.05, 3.63) is 24.3 Å². The lowest BCUT2D eigenvalue weighted by atomic mass is 9.79. The van der Waals surface area contributed by atoms with Gasteiger partial charge in [0.15, 0.2) is 5.82 Å². The van der Waals surface area contributed by atoms with Crippen molar-refractivity contribution >= 4 is 5.78 Å². The fourth-order valence-electron chi connectivity index (χ4n) is 4.34. The van der Waals surface area contributed by atoms with Crippen LogP contribution >= 0.6 is 0 Å². The number of hydrogen-bond acceptors (Lipinski definition) is 7. The first-order chi connectivity index (χ1) is 12.2. The molecule has 2 aromatic rings. The van der Waals surface area contributed by atoms with Crippen LogP contribution in [0.5, 0.6) is 0 Å². The first-order valence-electron chi connectivity index (χ1n) is 8.92. The number of ether oxygens (including phenoxy) is 2. The lowest BCUT2D eigenvalue weighted by Crippen LogP contribution is -2.51. The van der Waals surface area contributed by atoms with Crippen molar-refractivity contribution in [1.82, 2.24) is 24.5 Å². The van der Waals surface area contributed by atoms with Gasteiger partial charge < -0.3 is 14.6 Å². The monoisotopic (exact) mass is 347 g/mol. The van der Waals surface area contributed by atoms with Gasteiger partial charge in [-0.2, -0.15) is 4.98 Å². The zero-order chi connectivity index (χ0) is 17.3. The van der Waals surface area contributed by atoms with E-state index < -0.39 is 0 Å². The quantitative estimate of drug-likeness (QED) is 0.821. The van der Waals surface area contributed by atoms with Crippen molar-refractivity contribution in [3.8, 4) is 0 Å². The molecule has 2 aliphatic rings. The maximum Gasteiger partial charge on any atom is 0.252 e. The number of methoxy groups -OCH3 is 1. The van der Waals surface area contributed by atoms with Gasteiger partial charge in [0.2, 0.25) is 0 Å². The molecule has 25 heavy (non-hydrogen) atoms. The van der Waals surface area contributed by atoms with E-state index in [4.69, 9.17) is 14.6 Å². The molecule has 0 aromatic carbocycles. The summed E-state index contributed by atoms with van der Waals surface area (Å²) in [5.74, 6) is 1.41. The Labute approximate surface area is 146 Å². The van der Waals surface area contributed by atoms with Crippen molar-refractivity contribution in [3.63, 3.8) is 0 Å². The number of nitrogens with zero attached hydrogens (tertiary/aromatic N) is 5. The van der Waals surface area contributed by atoms with E-state index in [0.717, 1.165) is 38.1 Å². The zero-order valence-corrected chi connectivity index (χ0v) is 14.5. The lowest BCUT2D eigenvalue weighted by molar-refractivity contribution is -0.104. The Morgan fingerprint density at radius 1 is 1.40 bits per heavy atom. The van der Waals surface area contributed by atoms with E-state index in [1.54, 1.807) is 10.7 Å². The highest BCUT2D eigenvalue weighted by Crippen LogP contribution is 2.43. The van der Waals surface area contributed by atoms with E-state index in [-0.39, 0.29) is 24.4 Å².